The van der Waals surface area contributed by atoms with E-state index in [0.717, 1.165) is 25.7 Å². The lowest BCUT2D eigenvalue weighted by molar-refractivity contribution is -0.139. The van der Waals surface area contributed by atoms with Crippen LogP contribution >= 0.6 is 0 Å². The highest BCUT2D eigenvalue weighted by molar-refractivity contribution is 5.79. The third-order valence-corrected chi connectivity index (χ3v) is 3.58. The molecule has 0 saturated heterocycles. The van der Waals surface area contributed by atoms with Gasteiger partial charge in [0.25, 0.3) is 0 Å². The summed E-state index contributed by atoms with van der Waals surface area (Å²) in [5.41, 5.74) is 0. The van der Waals surface area contributed by atoms with Gasteiger partial charge < -0.3 is 15.2 Å². The van der Waals surface area contributed by atoms with Gasteiger partial charge in [-0.1, -0.05) is 52.0 Å². The van der Waals surface area contributed by atoms with E-state index in [9.17, 15) is 9.59 Å². The van der Waals surface area contributed by atoms with Crippen LogP contribution in [0.1, 0.15) is 71.6 Å². The van der Waals surface area contributed by atoms with E-state index in [4.69, 9.17) is 9.84 Å². The summed E-state index contributed by atoms with van der Waals surface area (Å²) >= 11 is 0. The van der Waals surface area contributed by atoms with E-state index >= 15 is 0 Å². The van der Waals surface area contributed by atoms with E-state index < -0.39 is 18.1 Å². The molecule has 0 aliphatic carbocycles. The van der Waals surface area contributed by atoms with E-state index in [1.165, 1.54) is 25.7 Å². The zero-order valence-corrected chi connectivity index (χ0v) is 14.7. The standard InChI is InChI=1S/C18H33NO4/c1-4-5-6-7-8-9-10-11-12-13-23-18(22)19-16(17(20)21)14-15(2)3/h4,15-16H,1,5-14H2,2-3H3,(H,19,22)(H,20,21)/t16-/m0/s1. The van der Waals surface area contributed by atoms with Crippen molar-refractivity contribution < 1.29 is 19.4 Å². The van der Waals surface area contributed by atoms with Crippen molar-refractivity contribution in [1.82, 2.24) is 5.32 Å². The van der Waals surface area contributed by atoms with Gasteiger partial charge in [-0.15, -0.1) is 6.58 Å². The fraction of sp³-hybridized carbons (Fsp3) is 0.778. The Labute approximate surface area is 140 Å². The molecule has 1 amide bonds. The highest BCUT2D eigenvalue weighted by atomic mass is 16.5. The number of nitrogens with one attached hydrogen (secondary N) is 1. The van der Waals surface area contributed by atoms with Crippen LogP contribution in [0.2, 0.25) is 0 Å². The smallest absolute Gasteiger partial charge is 0.407 e. The average Bonchev–Trinajstić information content (AvgIpc) is 2.48. The quantitative estimate of drug-likeness (QED) is 0.363. The van der Waals surface area contributed by atoms with Crippen LogP contribution in [0.3, 0.4) is 0 Å². The highest BCUT2D eigenvalue weighted by Gasteiger charge is 2.21. The van der Waals surface area contributed by atoms with Crippen molar-refractivity contribution in [2.45, 2.75) is 77.7 Å². The number of rotatable bonds is 14. The van der Waals surface area contributed by atoms with Crippen LogP contribution in [0.5, 0.6) is 0 Å². The first-order valence-corrected chi connectivity index (χ1v) is 8.74. The minimum atomic E-state index is -1.02. The fourth-order valence-electron chi connectivity index (χ4n) is 2.32. The Kier molecular flexibility index (Phi) is 13.2. The van der Waals surface area contributed by atoms with Gasteiger partial charge in [-0.3, -0.25) is 0 Å². The van der Waals surface area contributed by atoms with Crippen molar-refractivity contribution in [1.29, 1.82) is 0 Å². The third-order valence-electron chi connectivity index (χ3n) is 3.58. The second-order valence-corrected chi connectivity index (χ2v) is 6.35. The lowest BCUT2D eigenvalue weighted by atomic mass is 10.0. The Morgan fingerprint density at radius 1 is 1.09 bits per heavy atom. The summed E-state index contributed by atoms with van der Waals surface area (Å²) in [4.78, 5) is 22.6. The highest BCUT2D eigenvalue weighted by Crippen LogP contribution is 2.09. The van der Waals surface area contributed by atoms with Gasteiger partial charge in [-0.2, -0.15) is 0 Å². The maximum absolute atomic E-state index is 11.6. The van der Waals surface area contributed by atoms with Crippen molar-refractivity contribution in [2.24, 2.45) is 5.92 Å². The van der Waals surface area contributed by atoms with Gasteiger partial charge >= 0.3 is 12.1 Å². The molecule has 0 aromatic rings. The molecule has 0 rings (SSSR count). The predicted octanol–water partition coefficient (Wildman–Crippen LogP) is 4.52. The van der Waals surface area contributed by atoms with Crippen molar-refractivity contribution in [2.75, 3.05) is 6.61 Å². The molecule has 0 aliphatic heterocycles. The molecule has 0 saturated carbocycles. The summed E-state index contributed by atoms with van der Waals surface area (Å²) in [5, 5.41) is 11.5. The van der Waals surface area contributed by atoms with E-state index in [1.54, 1.807) is 0 Å². The molecule has 0 spiro atoms. The number of hydrogen-bond acceptors (Lipinski definition) is 3. The first-order chi connectivity index (χ1) is 11.0. The molecule has 0 aromatic carbocycles. The number of allylic oxidation sites excluding steroid dienone is 1. The molecule has 0 radical (unpaired) electrons. The Bertz CT molecular complexity index is 342. The molecule has 2 N–H and O–H groups in total. The van der Waals surface area contributed by atoms with Crippen LogP contribution in [0, 0.1) is 5.92 Å². The number of aliphatic carboxylic acids is 1. The summed E-state index contributed by atoms with van der Waals surface area (Å²) < 4.78 is 5.04. The van der Waals surface area contributed by atoms with E-state index in [-0.39, 0.29) is 5.92 Å². The van der Waals surface area contributed by atoms with Gasteiger partial charge in [0.2, 0.25) is 0 Å². The van der Waals surface area contributed by atoms with Gasteiger partial charge in [0.15, 0.2) is 0 Å². The minimum Gasteiger partial charge on any atom is -0.480 e. The molecule has 0 aromatic heterocycles. The maximum Gasteiger partial charge on any atom is 0.407 e. The van der Waals surface area contributed by atoms with Crippen molar-refractivity contribution in [3.8, 4) is 0 Å². The molecule has 5 heteroatoms. The zero-order chi connectivity index (χ0) is 17.5. The monoisotopic (exact) mass is 327 g/mol. The Morgan fingerprint density at radius 3 is 2.17 bits per heavy atom. The normalized spacial score (nSPS) is 12.0. The van der Waals surface area contributed by atoms with Gasteiger partial charge in [0.1, 0.15) is 6.04 Å². The lowest BCUT2D eigenvalue weighted by Gasteiger charge is -2.16. The zero-order valence-electron chi connectivity index (χ0n) is 14.7. The number of amides is 1. The van der Waals surface area contributed by atoms with Gasteiger partial charge in [-0.25, -0.2) is 9.59 Å². The van der Waals surface area contributed by atoms with Crippen molar-refractivity contribution in [3.05, 3.63) is 12.7 Å². The summed E-state index contributed by atoms with van der Waals surface area (Å²) in [7, 11) is 0. The molecular formula is C18H33NO4. The number of hydrogen-bond donors (Lipinski definition) is 2. The fourth-order valence-corrected chi connectivity index (χ4v) is 2.32. The second kappa shape index (κ2) is 14.1. The van der Waals surface area contributed by atoms with Crippen LogP contribution in [-0.2, 0) is 9.53 Å². The second-order valence-electron chi connectivity index (χ2n) is 6.35. The van der Waals surface area contributed by atoms with Gasteiger partial charge in [-0.05, 0) is 31.6 Å². The first kappa shape index (κ1) is 21.5. The van der Waals surface area contributed by atoms with Gasteiger partial charge in [0, 0.05) is 0 Å². The number of unbranched alkanes of at least 4 members (excludes halogenated alkanes) is 7. The number of carbonyl (C=O) groups is 2. The largest absolute Gasteiger partial charge is 0.480 e. The number of carboxylic acids is 1. The summed E-state index contributed by atoms with van der Waals surface area (Å²) in [5.74, 6) is -0.824. The summed E-state index contributed by atoms with van der Waals surface area (Å²) in [6.07, 6.45) is 10.7. The summed E-state index contributed by atoms with van der Waals surface area (Å²) in [6, 6.07) is -0.877. The molecule has 0 unspecified atom stereocenters. The van der Waals surface area contributed by atoms with Crippen molar-refractivity contribution in [3.63, 3.8) is 0 Å². The number of ether oxygens (including phenoxy) is 1. The van der Waals surface area contributed by atoms with Crippen molar-refractivity contribution >= 4 is 12.1 Å². The number of carbonyl (C=O) groups excluding carboxylic acids is 1. The molecule has 134 valence electrons. The average molecular weight is 327 g/mol. The van der Waals surface area contributed by atoms with E-state index in [1.807, 2.05) is 19.9 Å². The summed E-state index contributed by atoms with van der Waals surface area (Å²) in [6.45, 7) is 7.88. The molecule has 1 atom stereocenters. The number of carboxylic acid groups (broad SMARTS) is 1. The molecule has 0 fully saturated rings. The van der Waals surface area contributed by atoms with Crippen LogP contribution in [0.25, 0.3) is 0 Å². The first-order valence-electron chi connectivity index (χ1n) is 8.74. The topological polar surface area (TPSA) is 75.6 Å². The molecule has 0 heterocycles. The SMILES string of the molecule is C=CCCCCCCCCCOC(=O)N[C@@H](CC(C)C)C(=O)O. The third kappa shape index (κ3) is 13.8. The van der Waals surface area contributed by atoms with Crippen LogP contribution in [0.15, 0.2) is 12.7 Å². The predicted molar refractivity (Wildman–Crippen MR) is 92.5 cm³/mol. The lowest BCUT2D eigenvalue weighted by Crippen LogP contribution is -2.42. The van der Waals surface area contributed by atoms with Gasteiger partial charge in [0.05, 0.1) is 6.61 Å². The molecular weight excluding hydrogens is 294 g/mol. The molecule has 0 bridgehead atoms. The van der Waals surface area contributed by atoms with E-state index in [0.29, 0.717) is 13.0 Å². The Morgan fingerprint density at radius 2 is 1.65 bits per heavy atom. The van der Waals surface area contributed by atoms with Crippen LogP contribution < -0.4 is 5.32 Å². The molecule has 0 aliphatic rings. The maximum atomic E-state index is 11.6. The Hall–Kier alpha value is -1.52. The van der Waals surface area contributed by atoms with Crippen LogP contribution in [0.4, 0.5) is 4.79 Å². The minimum absolute atomic E-state index is 0.197. The van der Waals surface area contributed by atoms with E-state index in [2.05, 4.69) is 11.9 Å². The number of alkyl carbamates (subject to hydrolysis) is 1. The molecule has 23 heavy (non-hydrogen) atoms. The van der Waals surface area contributed by atoms with Crippen LogP contribution in [-0.4, -0.2) is 29.8 Å². The Balaban J connectivity index is 3.58. The molecule has 5 nitrogen and oxygen atoms in total.